The number of nitrogens with zero attached hydrogens (tertiary/aromatic N) is 2. The summed E-state index contributed by atoms with van der Waals surface area (Å²) in [7, 11) is 3.67. The predicted molar refractivity (Wildman–Crippen MR) is 92.6 cm³/mol. The first-order valence-electron chi connectivity index (χ1n) is 8.22. The second-order valence-electron chi connectivity index (χ2n) is 5.74. The van der Waals surface area contributed by atoms with Crippen molar-refractivity contribution in [2.75, 3.05) is 45.2 Å². The van der Waals surface area contributed by atoms with E-state index in [-0.39, 0.29) is 5.82 Å². The largest absolute Gasteiger partial charge is 0.376 e. The van der Waals surface area contributed by atoms with Crippen molar-refractivity contribution in [1.82, 2.24) is 10.6 Å². The Hall–Kier alpha value is -1.82. The van der Waals surface area contributed by atoms with E-state index >= 15 is 0 Å². The first-order valence-corrected chi connectivity index (χ1v) is 8.22. The topological polar surface area (TPSA) is 48.9 Å². The number of para-hydroxylation sites is 1. The molecule has 23 heavy (non-hydrogen) atoms. The third-order valence-electron chi connectivity index (χ3n) is 3.97. The van der Waals surface area contributed by atoms with Gasteiger partial charge in [-0.05, 0) is 31.4 Å². The molecule has 1 heterocycles. The normalized spacial score (nSPS) is 18.0. The number of ether oxygens (including phenoxy) is 1. The Morgan fingerprint density at radius 2 is 2.22 bits per heavy atom. The summed E-state index contributed by atoms with van der Waals surface area (Å²) in [5, 5.41) is 6.56. The van der Waals surface area contributed by atoms with Gasteiger partial charge in [0, 0.05) is 40.3 Å². The van der Waals surface area contributed by atoms with Crippen molar-refractivity contribution in [1.29, 1.82) is 0 Å². The third-order valence-corrected chi connectivity index (χ3v) is 3.97. The molecule has 0 saturated carbocycles. The van der Waals surface area contributed by atoms with Gasteiger partial charge in [-0.15, -0.1) is 0 Å². The van der Waals surface area contributed by atoms with E-state index in [4.69, 9.17) is 4.74 Å². The van der Waals surface area contributed by atoms with Crippen molar-refractivity contribution >= 4 is 11.6 Å². The quantitative estimate of drug-likeness (QED) is 0.458. The lowest BCUT2D eigenvalue weighted by Gasteiger charge is -2.20. The summed E-state index contributed by atoms with van der Waals surface area (Å²) >= 11 is 0. The summed E-state index contributed by atoms with van der Waals surface area (Å²) in [6.07, 6.45) is 3.43. The average Bonchev–Trinajstić information content (AvgIpc) is 3.08. The minimum absolute atomic E-state index is 0.183. The monoisotopic (exact) mass is 322 g/mol. The molecule has 0 bridgehead atoms. The highest BCUT2D eigenvalue weighted by molar-refractivity contribution is 5.79. The van der Waals surface area contributed by atoms with Crippen molar-refractivity contribution in [3.8, 4) is 0 Å². The van der Waals surface area contributed by atoms with Gasteiger partial charge in [-0.1, -0.05) is 12.1 Å². The molecule has 2 N–H and O–H groups in total. The summed E-state index contributed by atoms with van der Waals surface area (Å²) in [5.74, 6) is 0.603. The van der Waals surface area contributed by atoms with Gasteiger partial charge in [0.25, 0.3) is 0 Å². The van der Waals surface area contributed by atoms with Crippen LogP contribution in [0, 0.1) is 5.82 Å². The number of halogens is 1. The summed E-state index contributed by atoms with van der Waals surface area (Å²) < 4.78 is 19.3. The zero-order valence-corrected chi connectivity index (χ0v) is 14.0. The van der Waals surface area contributed by atoms with Crippen LogP contribution >= 0.6 is 0 Å². The fourth-order valence-corrected chi connectivity index (χ4v) is 2.64. The van der Waals surface area contributed by atoms with Gasteiger partial charge in [-0.2, -0.15) is 0 Å². The zero-order valence-electron chi connectivity index (χ0n) is 14.0. The molecule has 0 aliphatic carbocycles. The van der Waals surface area contributed by atoms with Crippen LogP contribution in [0.25, 0.3) is 0 Å². The molecule has 0 radical (unpaired) electrons. The van der Waals surface area contributed by atoms with Gasteiger partial charge in [-0.3, -0.25) is 4.99 Å². The second-order valence-corrected chi connectivity index (χ2v) is 5.74. The van der Waals surface area contributed by atoms with E-state index in [1.807, 2.05) is 18.0 Å². The van der Waals surface area contributed by atoms with Crippen LogP contribution in [0.15, 0.2) is 29.3 Å². The maximum atomic E-state index is 13.7. The fraction of sp³-hybridized carbons (Fsp3) is 0.588. The maximum absolute atomic E-state index is 13.7. The second kappa shape index (κ2) is 9.35. The zero-order chi connectivity index (χ0) is 16.5. The van der Waals surface area contributed by atoms with Gasteiger partial charge < -0.3 is 20.3 Å². The Morgan fingerprint density at radius 1 is 1.39 bits per heavy atom. The minimum atomic E-state index is -0.183. The van der Waals surface area contributed by atoms with Crippen molar-refractivity contribution in [3.63, 3.8) is 0 Å². The van der Waals surface area contributed by atoms with Crippen LogP contribution in [0.2, 0.25) is 0 Å². The summed E-state index contributed by atoms with van der Waals surface area (Å²) in [6.45, 7) is 3.20. The van der Waals surface area contributed by atoms with Gasteiger partial charge in [0.05, 0.1) is 11.8 Å². The highest BCUT2D eigenvalue weighted by Gasteiger charge is 2.15. The van der Waals surface area contributed by atoms with Crippen LogP contribution < -0.4 is 15.5 Å². The number of rotatable bonds is 7. The Bertz CT molecular complexity index is 503. The fourth-order valence-electron chi connectivity index (χ4n) is 2.64. The number of hydrogen-bond donors (Lipinski definition) is 2. The smallest absolute Gasteiger partial charge is 0.191 e. The molecule has 1 aromatic carbocycles. The first-order chi connectivity index (χ1) is 11.2. The van der Waals surface area contributed by atoms with Crippen LogP contribution in [0.4, 0.5) is 10.1 Å². The van der Waals surface area contributed by atoms with E-state index in [1.54, 1.807) is 19.2 Å². The Labute approximate surface area is 137 Å². The molecular formula is C17H27FN4O. The molecule has 1 aromatic rings. The summed E-state index contributed by atoms with van der Waals surface area (Å²) in [5.41, 5.74) is 0.633. The van der Waals surface area contributed by atoms with Gasteiger partial charge in [0.15, 0.2) is 5.96 Å². The van der Waals surface area contributed by atoms with E-state index in [1.165, 1.54) is 6.07 Å². The lowest BCUT2D eigenvalue weighted by Crippen LogP contribution is -2.41. The molecule has 0 amide bonds. The molecule has 0 spiro atoms. The van der Waals surface area contributed by atoms with Crippen LogP contribution in [0.3, 0.4) is 0 Å². The molecular weight excluding hydrogens is 295 g/mol. The van der Waals surface area contributed by atoms with E-state index in [0.717, 1.165) is 51.5 Å². The van der Waals surface area contributed by atoms with Crippen molar-refractivity contribution in [2.24, 2.45) is 4.99 Å². The van der Waals surface area contributed by atoms with E-state index in [0.29, 0.717) is 11.8 Å². The summed E-state index contributed by atoms with van der Waals surface area (Å²) in [6, 6.07) is 6.84. The van der Waals surface area contributed by atoms with Crippen molar-refractivity contribution in [2.45, 2.75) is 25.4 Å². The lowest BCUT2D eigenvalue weighted by molar-refractivity contribution is 0.114. The lowest BCUT2D eigenvalue weighted by atomic mass is 10.2. The first kappa shape index (κ1) is 17.5. The Morgan fingerprint density at radius 3 is 2.91 bits per heavy atom. The van der Waals surface area contributed by atoms with E-state index < -0.39 is 0 Å². The van der Waals surface area contributed by atoms with Crippen molar-refractivity contribution < 1.29 is 9.13 Å². The molecule has 1 saturated heterocycles. The number of aliphatic imine (C=N–C) groups is 1. The number of benzene rings is 1. The maximum Gasteiger partial charge on any atom is 0.191 e. The van der Waals surface area contributed by atoms with Gasteiger partial charge in [-0.25, -0.2) is 4.39 Å². The number of anilines is 1. The van der Waals surface area contributed by atoms with Gasteiger partial charge in [0.2, 0.25) is 0 Å². The molecule has 1 aliphatic heterocycles. The van der Waals surface area contributed by atoms with Crippen LogP contribution in [0.1, 0.15) is 19.3 Å². The Balaban J connectivity index is 1.64. The SMILES string of the molecule is CN=C(NCCCN(C)c1ccccc1F)NCC1CCCO1. The molecule has 1 atom stereocenters. The van der Waals surface area contributed by atoms with Crippen LogP contribution in [0.5, 0.6) is 0 Å². The summed E-state index contributed by atoms with van der Waals surface area (Å²) in [4.78, 5) is 6.13. The molecule has 2 rings (SSSR count). The van der Waals surface area contributed by atoms with Gasteiger partial charge >= 0.3 is 0 Å². The average molecular weight is 322 g/mol. The van der Waals surface area contributed by atoms with E-state index in [2.05, 4.69) is 15.6 Å². The van der Waals surface area contributed by atoms with E-state index in [9.17, 15) is 4.39 Å². The molecule has 6 heteroatoms. The van der Waals surface area contributed by atoms with Crippen LogP contribution in [-0.4, -0.2) is 52.4 Å². The molecule has 5 nitrogen and oxygen atoms in total. The minimum Gasteiger partial charge on any atom is -0.376 e. The highest BCUT2D eigenvalue weighted by Crippen LogP contribution is 2.16. The van der Waals surface area contributed by atoms with Crippen molar-refractivity contribution in [3.05, 3.63) is 30.1 Å². The molecule has 0 aromatic heterocycles. The highest BCUT2D eigenvalue weighted by atomic mass is 19.1. The molecule has 128 valence electrons. The van der Waals surface area contributed by atoms with Crippen LogP contribution in [-0.2, 0) is 4.74 Å². The standard InChI is InChI=1S/C17H27FN4O/c1-19-17(21-13-14-7-5-12-23-14)20-10-6-11-22(2)16-9-4-3-8-15(16)18/h3-4,8-9,14H,5-7,10-13H2,1-2H3,(H2,19,20,21). The van der Waals surface area contributed by atoms with Gasteiger partial charge in [0.1, 0.15) is 5.82 Å². The number of hydrogen-bond acceptors (Lipinski definition) is 3. The Kier molecular flexibility index (Phi) is 7.13. The molecule has 1 unspecified atom stereocenters. The molecule has 1 fully saturated rings. The number of guanidine groups is 1. The third kappa shape index (κ3) is 5.71. The number of nitrogens with one attached hydrogen (secondary N) is 2. The predicted octanol–water partition coefficient (Wildman–Crippen LogP) is 2.00. The molecule has 1 aliphatic rings.